The van der Waals surface area contributed by atoms with Crippen molar-refractivity contribution >= 4 is 9.84 Å². The number of hydrogen-bond donors (Lipinski definition) is 1. The predicted octanol–water partition coefficient (Wildman–Crippen LogP) is 2.05. The van der Waals surface area contributed by atoms with Gasteiger partial charge in [-0.05, 0) is 33.6 Å². The third-order valence-electron chi connectivity index (χ3n) is 4.62. The maximum absolute atomic E-state index is 12.0. The van der Waals surface area contributed by atoms with Gasteiger partial charge in [-0.1, -0.05) is 20.3 Å². The van der Waals surface area contributed by atoms with Crippen LogP contribution in [0.15, 0.2) is 0 Å². The lowest BCUT2D eigenvalue weighted by Crippen LogP contribution is -2.63. The van der Waals surface area contributed by atoms with E-state index in [0.29, 0.717) is 12.6 Å². The van der Waals surface area contributed by atoms with E-state index < -0.39 is 9.84 Å². The van der Waals surface area contributed by atoms with Crippen molar-refractivity contribution in [2.45, 2.75) is 70.7 Å². The number of sulfone groups is 1. The van der Waals surface area contributed by atoms with Gasteiger partial charge in [0.05, 0.1) is 11.0 Å². The second-order valence-corrected chi connectivity index (χ2v) is 9.30. The fourth-order valence-corrected chi connectivity index (χ4v) is 3.68. The molecule has 0 aromatic heterocycles. The average Bonchev–Trinajstić information content (AvgIpc) is 2.39. The van der Waals surface area contributed by atoms with Gasteiger partial charge in [0.2, 0.25) is 0 Å². The molecule has 0 bridgehead atoms. The Bertz CT molecular complexity index is 395. The molecule has 5 heteroatoms. The Labute approximate surface area is 125 Å². The van der Waals surface area contributed by atoms with Gasteiger partial charge in [0.15, 0.2) is 9.84 Å². The Kier molecular flexibility index (Phi) is 6.48. The zero-order chi connectivity index (χ0) is 15.4. The fourth-order valence-electron chi connectivity index (χ4n) is 2.72. The Morgan fingerprint density at radius 2 is 2.00 bits per heavy atom. The summed E-state index contributed by atoms with van der Waals surface area (Å²) in [6, 6.07) is 0.474. The molecule has 1 aliphatic rings. The van der Waals surface area contributed by atoms with E-state index in [9.17, 15) is 8.42 Å². The van der Waals surface area contributed by atoms with Gasteiger partial charge in [0, 0.05) is 31.2 Å². The van der Waals surface area contributed by atoms with Gasteiger partial charge in [-0.15, -0.1) is 0 Å². The summed E-state index contributed by atoms with van der Waals surface area (Å²) in [7, 11) is -2.94. The first-order valence-electron chi connectivity index (χ1n) is 7.94. The van der Waals surface area contributed by atoms with Crippen LogP contribution in [0.2, 0.25) is 0 Å². The molecule has 1 heterocycles. The van der Waals surface area contributed by atoms with E-state index in [2.05, 4.69) is 31.0 Å². The summed E-state index contributed by atoms with van der Waals surface area (Å²) in [4.78, 5) is 2.39. The molecule has 1 aliphatic heterocycles. The molecular weight excluding hydrogens is 272 g/mol. The number of hydrogen-bond acceptors (Lipinski definition) is 4. The smallest absolute Gasteiger partial charge is 0.153 e. The number of piperazine rings is 1. The van der Waals surface area contributed by atoms with Crippen LogP contribution in [0.4, 0.5) is 0 Å². The van der Waals surface area contributed by atoms with Crippen molar-refractivity contribution in [1.29, 1.82) is 0 Å². The van der Waals surface area contributed by atoms with Crippen LogP contribution in [0.5, 0.6) is 0 Å². The lowest BCUT2D eigenvalue weighted by atomic mass is 9.92. The lowest BCUT2D eigenvalue weighted by Gasteiger charge is -2.46. The largest absolute Gasteiger partial charge is 0.309 e. The topological polar surface area (TPSA) is 49.4 Å². The van der Waals surface area contributed by atoms with E-state index >= 15 is 0 Å². The quantitative estimate of drug-likeness (QED) is 0.782. The maximum Gasteiger partial charge on any atom is 0.153 e. The van der Waals surface area contributed by atoms with Crippen molar-refractivity contribution in [2.24, 2.45) is 0 Å². The van der Waals surface area contributed by atoms with Gasteiger partial charge in [0.1, 0.15) is 0 Å². The summed E-state index contributed by atoms with van der Waals surface area (Å²) in [6.45, 7) is 12.7. The molecule has 0 amide bonds. The highest BCUT2D eigenvalue weighted by molar-refractivity contribution is 7.92. The van der Waals surface area contributed by atoms with E-state index in [-0.39, 0.29) is 16.5 Å². The number of nitrogens with one attached hydrogen (secondary N) is 1. The third-order valence-corrected chi connectivity index (χ3v) is 6.80. The van der Waals surface area contributed by atoms with Crippen LogP contribution in [-0.4, -0.2) is 55.5 Å². The molecule has 0 saturated carbocycles. The SMILES string of the molecule is CCCC1CNC(C)(CC)CN1CCS(=O)(=O)C(C)C. The monoisotopic (exact) mass is 304 g/mol. The van der Waals surface area contributed by atoms with Crippen molar-refractivity contribution in [3.63, 3.8) is 0 Å². The predicted molar refractivity (Wildman–Crippen MR) is 85.9 cm³/mol. The molecule has 1 N–H and O–H groups in total. The molecule has 0 aliphatic carbocycles. The first kappa shape index (κ1) is 17.9. The molecule has 120 valence electrons. The van der Waals surface area contributed by atoms with Gasteiger partial charge < -0.3 is 5.32 Å². The molecule has 20 heavy (non-hydrogen) atoms. The van der Waals surface area contributed by atoms with E-state index in [1.54, 1.807) is 13.8 Å². The molecule has 1 rings (SSSR count). The Balaban J connectivity index is 2.70. The highest BCUT2D eigenvalue weighted by atomic mass is 32.2. The molecule has 2 unspecified atom stereocenters. The molecule has 0 aromatic carbocycles. The summed E-state index contributed by atoms with van der Waals surface area (Å²) in [6.07, 6.45) is 3.34. The molecule has 4 nitrogen and oxygen atoms in total. The molecular formula is C15H32N2O2S. The number of rotatable bonds is 7. The minimum atomic E-state index is -2.94. The first-order valence-corrected chi connectivity index (χ1v) is 9.66. The van der Waals surface area contributed by atoms with Crippen LogP contribution in [0.3, 0.4) is 0 Å². The van der Waals surface area contributed by atoms with Crippen molar-refractivity contribution in [3.8, 4) is 0 Å². The van der Waals surface area contributed by atoms with Crippen LogP contribution in [0, 0.1) is 0 Å². The summed E-state index contributed by atoms with van der Waals surface area (Å²) in [5.41, 5.74) is 0.117. The second-order valence-electron chi connectivity index (χ2n) is 6.62. The van der Waals surface area contributed by atoms with Crippen LogP contribution >= 0.6 is 0 Å². The highest BCUT2D eigenvalue weighted by Gasteiger charge is 2.34. The minimum Gasteiger partial charge on any atom is -0.309 e. The third kappa shape index (κ3) is 4.71. The maximum atomic E-state index is 12.0. The van der Waals surface area contributed by atoms with E-state index in [4.69, 9.17) is 0 Å². The molecule has 0 radical (unpaired) electrons. The summed E-state index contributed by atoms with van der Waals surface area (Å²) >= 11 is 0. The van der Waals surface area contributed by atoms with Crippen LogP contribution in [-0.2, 0) is 9.84 Å². The summed E-state index contributed by atoms with van der Waals surface area (Å²) in [5.74, 6) is 0.282. The van der Waals surface area contributed by atoms with Gasteiger partial charge in [-0.25, -0.2) is 8.42 Å². The van der Waals surface area contributed by atoms with Gasteiger partial charge in [0.25, 0.3) is 0 Å². The number of nitrogens with zero attached hydrogens (tertiary/aromatic N) is 1. The minimum absolute atomic E-state index is 0.117. The Morgan fingerprint density at radius 3 is 2.50 bits per heavy atom. The lowest BCUT2D eigenvalue weighted by molar-refractivity contribution is 0.0849. The van der Waals surface area contributed by atoms with Crippen molar-refractivity contribution in [2.75, 3.05) is 25.4 Å². The van der Waals surface area contributed by atoms with Gasteiger partial charge >= 0.3 is 0 Å². The molecule has 2 atom stereocenters. The first-order chi connectivity index (χ1) is 9.24. The zero-order valence-electron chi connectivity index (χ0n) is 13.8. The van der Waals surface area contributed by atoms with E-state index in [0.717, 1.165) is 32.4 Å². The van der Waals surface area contributed by atoms with E-state index in [1.807, 2.05) is 0 Å². The molecule has 1 fully saturated rings. The van der Waals surface area contributed by atoms with Crippen molar-refractivity contribution < 1.29 is 8.42 Å². The van der Waals surface area contributed by atoms with Crippen LogP contribution in [0.25, 0.3) is 0 Å². The molecule has 1 saturated heterocycles. The van der Waals surface area contributed by atoms with Gasteiger partial charge in [-0.3, -0.25) is 4.90 Å². The highest BCUT2D eigenvalue weighted by Crippen LogP contribution is 2.21. The van der Waals surface area contributed by atoms with Gasteiger partial charge in [-0.2, -0.15) is 0 Å². The van der Waals surface area contributed by atoms with Crippen molar-refractivity contribution in [1.82, 2.24) is 10.2 Å². The Hall–Kier alpha value is -0.130. The molecule has 0 aromatic rings. The summed E-state index contributed by atoms with van der Waals surface area (Å²) in [5, 5.41) is 3.37. The van der Waals surface area contributed by atoms with Crippen molar-refractivity contribution in [3.05, 3.63) is 0 Å². The fraction of sp³-hybridized carbons (Fsp3) is 1.00. The summed E-state index contributed by atoms with van der Waals surface area (Å²) < 4.78 is 24.1. The normalized spacial score (nSPS) is 29.0. The van der Waals surface area contributed by atoms with E-state index in [1.165, 1.54) is 0 Å². The second kappa shape index (κ2) is 7.23. The Morgan fingerprint density at radius 1 is 1.35 bits per heavy atom. The van der Waals surface area contributed by atoms with Crippen LogP contribution < -0.4 is 5.32 Å². The zero-order valence-corrected chi connectivity index (χ0v) is 14.6. The standard InChI is InChI=1S/C15H32N2O2S/c1-6-8-14-11-16-15(5,7-2)12-17(14)9-10-20(18,19)13(3)4/h13-14,16H,6-12H2,1-5H3. The molecule has 0 spiro atoms. The average molecular weight is 305 g/mol. The van der Waals surface area contributed by atoms with Crippen LogP contribution in [0.1, 0.15) is 53.9 Å².